The molecule has 0 bridgehead atoms. The molecule has 0 aromatic heterocycles. The zero-order valence-corrected chi connectivity index (χ0v) is 13.9. The number of carbonyl (C=O) groups is 1. The maximum absolute atomic E-state index is 12.6. The van der Waals surface area contributed by atoms with Crippen molar-refractivity contribution in [3.8, 4) is 0 Å². The van der Waals surface area contributed by atoms with Crippen LogP contribution in [-0.2, 0) is 4.79 Å². The average Bonchev–Trinajstić information content (AvgIpc) is 2.81. The third-order valence-electron chi connectivity index (χ3n) is 5.13. The number of hydrogen-bond acceptors (Lipinski definition) is 2. The predicted octanol–water partition coefficient (Wildman–Crippen LogP) is 3.33. The van der Waals surface area contributed by atoms with E-state index in [0.29, 0.717) is 11.8 Å². The topological polar surface area (TPSA) is 46.3 Å². The predicted molar refractivity (Wildman–Crippen MR) is 92.2 cm³/mol. The zero-order chi connectivity index (χ0) is 14.7. The summed E-state index contributed by atoms with van der Waals surface area (Å²) in [5.74, 6) is 1.15. The van der Waals surface area contributed by atoms with Gasteiger partial charge in [-0.2, -0.15) is 0 Å². The molecule has 2 N–H and O–H groups in total. The molecule has 0 spiro atoms. The van der Waals surface area contributed by atoms with E-state index in [9.17, 15) is 4.79 Å². The lowest BCUT2D eigenvalue weighted by Gasteiger charge is -2.24. The minimum atomic E-state index is 0. The second kappa shape index (κ2) is 7.98. The summed E-state index contributed by atoms with van der Waals surface area (Å²) in [5.41, 5.74) is 7.38. The van der Waals surface area contributed by atoms with Gasteiger partial charge in [0.25, 0.3) is 0 Å². The van der Waals surface area contributed by atoms with Crippen LogP contribution in [0.15, 0.2) is 30.3 Å². The number of nitrogens with two attached hydrogens (primary N) is 1. The Bertz CT molecular complexity index is 479. The van der Waals surface area contributed by atoms with Gasteiger partial charge >= 0.3 is 0 Å². The van der Waals surface area contributed by atoms with E-state index in [4.69, 9.17) is 5.73 Å². The van der Waals surface area contributed by atoms with Crippen molar-refractivity contribution in [3.63, 3.8) is 0 Å². The molecule has 2 aliphatic rings. The molecule has 1 heterocycles. The molecule has 4 heteroatoms. The van der Waals surface area contributed by atoms with Gasteiger partial charge in [0.1, 0.15) is 0 Å². The highest BCUT2D eigenvalue weighted by atomic mass is 35.5. The first-order valence-corrected chi connectivity index (χ1v) is 8.33. The summed E-state index contributed by atoms with van der Waals surface area (Å²) in [6.07, 6.45) is 6.28. The summed E-state index contributed by atoms with van der Waals surface area (Å²) in [6.45, 7) is 1.83. The number of benzene rings is 1. The third kappa shape index (κ3) is 4.02. The zero-order valence-electron chi connectivity index (χ0n) is 13.1. The Morgan fingerprint density at radius 2 is 1.82 bits per heavy atom. The van der Waals surface area contributed by atoms with Crippen molar-refractivity contribution in [1.29, 1.82) is 0 Å². The van der Waals surface area contributed by atoms with E-state index in [1.807, 2.05) is 0 Å². The largest absolute Gasteiger partial charge is 0.342 e. The highest BCUT2D eigenvalue weighted by Gasteiger charge is 2.32. The molecule has 3 rings (SSSR count). The number of amides is 1. The van der Waals surface area contributed by atoms with Crippen LogP contribution in [0, 0.1) is 5.92 Å². The van der Waals surface area contributed by atoms with Crippen LogP contribution in [0.4, 0.5) is 0 Å². The Hall–Kier alpha value is -1.06. The summed E-state index contributed by atoms with van der Waals surface area (Å²) < 4.78 is 0. The van der Waals surface area contributed by atoms with Crippen molar-refractivity contribution in [2.45, 2.75) is 50.5 Å². The normalized spacial score (nSPS) is 28.8. The minimum Gasteiger partial charge on any atom is -0.342 e. The van der Waals surface area contributed by atoms with Gasteiger partial charge in [-0.1, -0.05) is 30.3 Å². The fourth-order valence-electron chi connectivity index (χ4n) is 3.87. The van der Waals surface area contributed by atoms with E-state index in [-0.39, 0.29) is 24.4 Å². The van der Waals surface area contributed by atoms with Crippen molar-refractivity contribution in [2.75, 3.05) is 13.1 Å². The van der Waals surface area contributed by atoms with Gasteiger partial charge in [0.15, 0.2) is 0 Å². The Balaban J connectivity index is 0.00000176. The van der Waals surface area contributed by atoms with Crippen molar-refractivity contribution in [1.82, 2.24) is 4.90 Å². The minimum absolute atomic E-state index is 0. The van der Waals surface area contributed by atoms with Gasteiger partial charge in [-0.3, -0.25) is 4.79 Å². The molecule has 3 nitrogen and oxygen atoms in total. The number of nitrogens with zero attached hydrogens (tertiary/aromatic N) is 1. The van der Waals surface area contributed by atoms with Crippen molar-refractivity contribution in [2.24, 2.45) is 11.7 Å². The van der Waals surface area contributed by atoms with E-state index in [2.05, 4.69) is 35.2 Å². The van der Waals surface area contributed by atoms with Gasteiger partial charge in [-0.25, -0.2) is 0 Å². The fourth-order valence-corrected chi connectivity index (χ4v) is 3.87. The van der Waals surface area contributed by atoms with Crippen LogP contribution in [-0.4, -0.2) is 29.9 Å². The fraction of sp³-hybridized carbons (Fsp3) is 0.611. The first-order valence-electron chi connectivity index (χ1n) is 8.33. The monoisotopic (exact) mass is 322 g/mol. The van der Waals surface area contributed by atoms with Gasteiger partial charge < -0.3 is 10.6 Å². The molecule has 1 aliphatic heterocycles. The first kappa shape index (κ1) is 17.3. The molecule has 0 radical (unpaired) electrons. The van der Waals surface area contributed by atoms with Crippen LogP contribution in [0.5, 0.6) is 0 Å². The molecule has 1 saturated carbocycles. The number of hydrogen-bond donors (Lipinski definition) is 1. The standard InChI is InChI=1S/C18H26N2O.ClH/c19-17-9-8-16(13-17)18(21)20-11-4-7-15(10-12-20)14-5-2-1-3-6-14;/h1-3,5-6,15-17H,4,7-13,19H2;1H. The maximum atomic E-state index is 12.6. The van der Waals surface area contributed by atoms with Gasteiger partial charge in [0.05, 0.1) is 0 Å². The van der Waals surface area contributed by atoms with Crippen LogP contribution in [0.1, 0.15) is 50.0 Å². The van der Waals surface area contributed by atoms with E-state index < -0.39 is 0 Å². The lowest BCUT2D eigenvalue weighted by Crippen LogP contribution is -2.36. The third-order valence-corrected chi connectivity index (χ3v) is 5.13. The summed E-state index contributed by atoms with van der Waals surface area (Å²) >= 11 is 0. The van der Waals surface area contributed by atoms with Crippen LogP contribution in [0.3, 0.4) is 0 Å². The summed E-state index contributed by atoms with van der Waals surface area (Å²) in [4.78, 5) is 14.7. The molecule has 2 fully saturated rings. The van der Waals surface area contributed by atoms with Crippen LogP contribution in [0.2, 0.25) is 0 Å². The van der Waals surface area contributed by atoms with Crippen LogP contribution in [0.25, 0.3) is 0 Å². The number of likely N-dealkylation sites (tertiary alicyclic amines) is 1. The van der Waals surface area contributed by atoms with Gasteiger partial charge in [0.2, 0.25) is 5.91 Å². The Labute approximate surface area is 139 Å². The molecular formula is C18H27ClN2O. The molecule has 3 atom stereocenters. The Morgan fingerprint density at radius 1 is 1.05 bits per heavy atom. The lowest BCUT2D eigenvalue weighted by atomic mass is 9.92. The van der Waals surface area contributed by atoms with E-state index in [1.165, 1.54) is 12.0 Å². The van der Waals surface area contributed by atoms with E-state index in [0.717, 1.165) is 45.2 Å². The SMILES string of the molecule is Cl.NC1CCC(C(=O)N2CCCC(c3ccccc3)CC2)C1. The summed E-state index contributed by atoms with van der Waals surface area (Å²) in [5, 5.41) is 0. The highest BCUT2D eigenvalue weighted by molar-refractivity contribution is 5.85. The Morgan fingerprint density at radius 3 is 2.50 bits per heavy atom. The molecule has 3 unspecified atom stereocenters. The molecule has 1 aromatic rings. The van der Waals surface area contributed by atoms with Crippen LogP contribution >= 0.6 is 12.4 Å². The van der Waals surface area contributed by atoms with Gasteiger partial charge in [-0.15, -0.1) is 12.4 Å². The molecule has 22 heavy (non-hydrogen) atoms. The number of rotatable bonds is 2. The molecule has 1 saturated heterocycles. The van der Waals surface area contributed by atoms with Crippen molar-refractivity contribution < 1.29 is 4.79 Å². The first-order chi connectivity index (χ1) is 10.2. The molecular weight excluding hydrogens is 296 g/mol. The second-order valence-electron chi connectivity index (χ2n) is 6.63. The maximum Gasteiger partial charge on any atom is 0.225 e. The number of carbonyl (C=O) groups excluding carboxylic acids is 1. The molecule has 1 amide bonds. The smallest absolute Gasteiger partial charge is 0.225 e. The average molecular weight is 323 g/mol. The second-order valence-corrected chi connectivity index (χ2v) is 6.63. The number of halogens is 1. The lowest BCUT2D eigenvalue weighted by molar-refractivity contribution is -0.135. The molecule has 122 valence electrons. The molecule has 1 aliphatic carbocycles. The summed E-state index contributed by atoms with van der Waals surface area (Å²) in [6, 6.07) is 11.0. The van der Waals surface area contributed by atoms with Gasteiger partial charge in [0, 0.05) is 25.0 Å². The molecule has 1 aromatic carbocycles. The quantitative estimate of drug-likeness (QED) is 0.907. The van der Waals surface area contributed by atoms with E-state index >= 15 is 0 Å². The van der Waals surface area contributed by atoms with Gasteiger partial charge in [-0.05, 0) is 50.0 Å². The Kier molecular flexibility index (Phi) is 6.27. The highest BCUT2D eigenvalue weighted by Crippen LogP contribution is 2.31. The van der Waals surface area contributed by atoms with Crippen molar-refractivity contribution in [3.05, 3.63) is 35.9 Å². The van der Waals surface area contributed by atoms with Crippen LogP contribution < -0.4 is 5.73 Å². The van der Waals surface area contributed by atoms with E-state index in [1.54, 1.807) is 0 Å². The summed E-state index contributed by atoms with van der Waals surface area (Å²) in [7, 11) is 0. The van der Waals surface area contributed by atoms with Crippen molar-refractivity contribution >= 4 is 18.3 Å².